The van der Waals surface area contributed by atoms with Gasteiger partial charge >= 0.3 is 6.18 Å². The first-order chi connectivity index (χ1) is 23.1. The summed E-state index contributed by atoms with van der Waals surface area (Å²) in [5.74, 6) is -4.30. The highest BCUT2D eigenvalue weighted by molar-refractivity contribution is 6.39. The predicted molar refractivity (Wildman–Crippen MR) is 177 cm³/mol. The first kappa shape index (κ1) is 30.1. The van der Waals surface area contributed by atoms with E-state index >= 15 is 4.79 Å². The van der Waals surface area contributed by atoms with Crippen LogP contribution in [0.3, 0.4) is 0 Å². The summed E-state index contributed by atoms with van der Waals surface area (Å²) in [5.41, 5.74) is -1.06. The van der Waals surface area contributed by atoms with Crippen LogP contribution < -0.4 is 4.90 Å². The van der Waals surface area contributed by atoms with E-state index in [-0.39, 0.29) is 11.5 Å². The van der Waals surface area contributed by atoms with Crippen LogP contribution in [0, 0.1) is 11.8 Å². The quantitative estimate of drug-likeness (QED) is 0.178. The van der Waals surface area contributed by atoms with Crippen molar-refractivity contribution in [3.05, 3.63) is 172 Å². The second kappa shape index (κ2) is 10.6. The van der Waals surface area contributed by atoms with E-state index in [4.69, 9.17) is 11.6 Å². The minimum Gasteiger partial charge on any atom is -0.297 e. The van der Waals surface area contributed by atoms with Crippen LogP contribution in [0.2, 0.25) is 5.02 Å². The van der Waals surface area contributed by atoms with Crippen molar-refractivity contribution in [3.63, 3.8) is 0 Å². The van der Waals surface area contributed by atoms with Gasteiger partial charge in [0.25, 0.3) is 0 Å². The average molecular weight is 660 g/mol. The SMILES string of the molecule is O=C1[C@@H]2[C@@H](C(=O)N1c1ccc(Cl)c(C(F)(F)F)c1)[C@@]1(c3ccccc3)C(=O)[C@@]2(c2ccccc2)C(c2ccccc2)=C1c1ccccc1. The molecule has 0 N–H and O–H groups in total. The first-order valence-electron chi connectivity index (χ1n) is 15.4. The van der Waals surface area contributed by atoms with E-state index < -0.39 is 51.2 Å². The number of hydrogen-bond acceptors (Lipinski definition) is 3. The highest BCUT2D eigenvalue weighted by atomic mass is 35.5. The van der Waals surface area contributed by atoms with E-state index in [1.165, 1.54) is 6.07 Å². The third kappa shape index (κ3) is 3.82. The third-order valence-corrected chi connectivity index (χ3v) is 10.4. The van der Waals surface area contributed by atoms with Gasteiger partial charge in [-0.3, -0.25) is 14.4 Å². The van der Waals surface area contributed by atoms with Crippen molar-refractivity contribution >= 4 is 46.0 Å². The fraction of sp³-hybridized carbons (Fsp3) is 0.125. The summed E-state index contributed by atoms with van der Waals surface area (Å²) in [6.07, 6.45) is -4.83. The lowest BCUT2D eigenvalue weighted by molar-refractivity contribution is -0.137. The maximum absolute atomic E-state index is 15.8. The molecule has 2 aliphatic carbocycles. The minimum atomic E-state index is -4.83. The van der Waals surface area contributed by atoms with E-state index in [0.717, 1.165) is 17.0 Å². The average Bonchev–Trinajstić information content (AvgIpc) is 3.61. The molecule has 2 bridgehead atoms. The number of Topliss-reactive ketones (excluding diaryl/α,β-unsaturated/α-hetero) is 1. The molecule has 4 atom stereocenters. The van der Waals surface area contributed by atoms with Crippen molar-refractivity contribution in [3.8, 4) is 0 Å². The number of imide groups is 1. The number of anilines is 1. The number of carbonyl (C=O) groups is 3. The Hall–Kier alpha value is -5.27. The Bertz CT molecular complexity index is 2030. The molecule has 48 heavy (non-hydrogen) atoms. The van der Waals surface area contributed by atoms with Gasteiger partial charge in [0.1, 0.15) is 0 Å². The molecule has 0 spiro atoms. The molecule has 1 saturated carbocycles. The van der Waals surface area contributed by atoms with Crippen LogP contribution in [0.5, 0.6) is 0 Å². The molecular weight excluding hydrogens is 635 g/mol. The summed E-state index contributed by atoms with van der Waals surface area (Å²) >= 11 is 5.95. The summed E-state index contributed by atoms with van der Waals surface area (Å²) in [7, 11) is 0. The van der Waals surface area contributed by atoms with Gasteiger partial charge in [-0.1, -0.05) is 133 Å². The van der Waals surface area contributed by atoms with E-state index in [9.17, 15) is 22.8 Å². The van der Waals surface area contributed by atoms with E-state index in [0.29, 0.717) is 33.4 Å². The second-order valence-corrected chi connectivity index (χ2v) is 12.7. The maximum Gasteiger partial charge on any atom is 0.417 e. The lowest BCUT2D eigenvalue weighted by atomic mass is 9.59. The van der Waals surface area contributed by atoms with Crippen molar-refractivity contribution in [1.82, 2.24) is 0 Å². The predicted octanol–water partition coefficient (Wildman–Crippen LogP) is 8.55. The number of hydrogen-bond donors (Lipinski definition) is 0. The number of fused-ring (bicyclic) bond motifs is 5. The number of alkyl halides is 3. The Morgan fingerprint density at radius 1 is 0.562 bits per heavy atom. The second-order valence-electron chi connectivity index (χ2n) is 12.3. The highest BCUT2D eigenvalue weighted by Gasteiger charge is 2.82. The van der Waals surface area contributed by atoms with Gasteiger partial charge in [0.2, 0.25) is 11.8 Å². The van der Waals surface area contributed by atoms with Crippen LogP contribution in [-0.2, 0) is 31.4 Å². The molecule has 5 aromatic rings. The largest absolute Gasteiger partial charge is 0.417 e. The van der Waals surface area contributed by atoms with E-state index in [1.807, 2.05) is 60.7 Å². The molecule has 0 aromatic heterocycles. The summed E-state index contributed by atoms with van der Waals surface area (Å²) < 4.78 is 42.1. The summed E-state index contributed by atoms with van der Waals surface area (Å²) in [6.45, 7) is 0. The van der Waals surface area contributed by atoms with Crippen LogP contribution in [0.1, 0.15) is 27.8 Å². The van der Waals surface area contributed by atoms with Crippen LogP contribution in [-0.4, -0.2) is 17.6 Å². The Morgan fingerprint density at radius 2 is 0.958 bits per heavy atom. The van der Waals surface area contributed by atoms with Crippen LogP contribution in [0.25, 0.3) is 11.1 Å². The molecule has 1 saturated heterocycles. The van der Waals surface area contributed by atoms with Crippen LogP contribution in [0.4, 0.5) is 18.9 Å². The Morgan fingerprint density at radius 3 is 1.35 bits per heavy atom. The molecule has 236 valence electrons. The van der Waals surface area contributed by atoms with E-state index in [2.05, 4.69) is 0 Å². The van der Waals surface area contributed by atoms with E-state index in [1.54, 1.807) is 60.7 Å². The smallest absolute Gasteiger partial charge is 0.297 e. The van der Waals surface area contributed by atoms with Gasteiger partial charge in [0, 0.05) is 0 Å². The third-order valence-electron chi connectivity index (χ3n) is 10.1. The highest BCUT2D eigenvalue weighted by Crippen LogP contribution is 2.74. The molecule has 1 aliphatic heterocycles. The standard InChI is InChI=1S/C40H25ClF3NO3/c41-30-22-21-28(23-29(30)40(42,43)44)45-35(46)33-34(36(45)47)39(27-19-11-4-12-20-27)32(25-15-7-2-8-16-25)31(24-13-5-1-6-14-24)38(33,37(39)48)26-17-9-3-10-18-26/h1-23,33-34H/t33-,34-,38-,39-/m0/s1. The molecule has 5 aromatic carbocycles. The molecule has 2 fully saturated rings. The van der Waals surface area contributed by atoms with Gasteiger partial charge < -0.3 is 0 Å². The van der Waals surface area contributed by atoms with Gasteiger partial charge in [-0.25, -0.2) is 4.90 Å². The minimum absolute atomic E-state index is 0.253. The van der Waals surface area contributed by atoms with Gasteiger partial charge in [-0.15, -0.1) is 0 Å². The molecule has 0 unspecified atom stereocenters. The van der Waals surface area contributed by atoms with Crippen LogP contribution >= 0.6 is 11.6 Å². The fourth-order valence-electron chi connectivity index (χ4n) is 8.46. The number of allylic oxidation sites excluding steroid dienone is 2. The fourth-order valence-corrected chi connectivity index (χ4v) is 8.68. The van der Waals surface area contributed by atoms with Crippen molar-refractivity contribution < 1.29 is 27.6 Å². The lowest BCUT2D eigenvalue weighted by Gasteiger charge is -2.39. The zero-order valence-electron chi connectivity index (χ0n) is 25.1. The van der Waals surface area contributed by atoms with Gasteiger partial charge in [0.15, 0.2) is 5.78 Å². The molecule has 0 radical (unpaired) electrons. The Labute approximate surface area is 279 Å². The zero-order chi connectivity index (χ0) is 33.4. The number of benzene rings is 5. The summed E-state index contributed by atoms with van der Waals surface area (Å²) in [4.78, 5) is 46.6. The lowest BCUT2D eigenvalue weighted by Crippen LogP contribution is -2.45. The van der Waals surface area contributed by atoms with Gasteiger partial charge in [-0.2, -0.15) is 13.2 Å². The summed E-state index contributed by atoms with van der Waals surface area (Å²) in [5, 5.41) is -0.554. The molecule has 1 heterocycles. The number of rotatable bonds is 5. The van der Waals surface area contributed by atoms with Crippen molar-refractivity contribution in [2.75, 3.05) is 4.90 Å². The maximum atomic E-state index is 15.8. The van der Waals surface area contributed by atoms with Crippen molar-refractivity contribution in [1.29, 1.82) is 0 Å². The Balaban J connectivity index is 1.52. The molecule has 2 amide bonds. The molecule has 8 rings (SSSR count). The number of nitrogens with zero attached hydrogens (tertiary/aromatic N) is 1. The van der Waals surface area contributed by atoms with Crippen molar-refractivity contribution in [2.45, 2.75) is 17.0 Å². The number of amides is 2. The summed E-state index contributed by atoms with van der Waals surface area (Å²) in [6, 6.07) is 39.6. The molecule has 3 aliphatic rings. The monoisotopic (exact) mass is 659 g/mol. The number of carbonyl (C=O) groups excluding carboxylic acids is 3. The Kier molecular flexibility index (Phi) is 6.66. The number of ketones is 1. The molecular formula is C40H25ClF3NO3. The first-order valence-corrected chi connectivity index (χ1v) is 15.8. The van der Waals surface area contributed by atoms with Gasteiger partial charge in [-0.05, 0) is 51.6 Å². The van der Waals surface area contributed by atoms with Gasteiger partial charge in [0.05, 0.1) is 38.9 Å². The molecule has 4 nitrogen and oxygen atoms in total. The number of halogens is 4. The normalized spacial score (nSPS) is 24.8. The molecule has 8 heteroatoms. The van der Waals surface area contributed by atoms with Crippen LogP contribution in [0.15, 0.2) is 140 Å². The zero-order valence-corrected chi connectivity index (χ0v) is 25.9. The van der Waals surface area contributed by atoms with Crippen molar-refractivity contribution in [2.24, 2.45) is 11.8 Å². The topological polar surface area (TPSA) is 54.5 Å².